The molecule has 3 nitrogen and oxygen atoms in total. The number of anilines is 2. The zero-order valence-corrected chi connectivity index (χ0v) is 11.6. The minimum atomic E-state index is 0.377. The number of aromatic nitrogens is 1. The second kappa shape index (κ2) is 6.40. The lowest BCUT2D eigenvalue weighted by atomic mass is 10.2. The number of pyridine rings is 1. The van der Waals surface area contributed by atoms with Crippen LogP contribution in [0.4, 0.5) is 11.5 Å². The van der Waals surface area contributed by atoms with Crippen molar-refractivity contribution in [3.05, 3.63) is 40.7 Å². The molecule has 0 bridgehead atoms. The highest BCUT2D eigenvalue weighted by Crippen LogP contribution is 2.26. The van der Waals surface area contributed by atoms with Gasteiger partial charge < -0.3 is 10.6 Å². The molecule has 0 radical (unpaired) electrons. The third-order valence-corrected chi connectivity index (χ3v) is 3.74. The van der Waals surface area contributed by atoms with Crippen molar-refractivity contribution < 1.29 is 0 Å². The Morgan fingerprint density at radius 1 is 1.33 bits per heavy atom. The summed E-state index contributed by atoms with van der Waals surface area (Å²) in [5.41, 5.74) is 1.11. The van der Waals surface area contributed by atoms with Gasteiger partial charge in [0.1, 0.15) is 5.82 Å². The summed E-state index contributed by atoms with van der Waals surface area (Å²) >= 11 is 1.80. The highest BCUT2D eigenvalue weighted by Gasteiger charge is 2.10. The highest BCUT2D eigenvalue weighted by atomic mass is 32.1. The second-order valence-corrected chi connectivity index (χ2v) is 5.06. The van der Waals surface area contributed by atoms with Crippen LogP contribution in [0.25, 0.3) is 0 Å². The summed E-state index contributed by atoms with van der Waals surface area (Å²) in [6, 6.07) is 8.72. The van der Waals surface area contributed by atoms with Crippen LogP contribution >= 0.6 is 11.3 Å². The van der Waals surface area contributed by atoms with E-state index in [1.54, 1.807) is 11.3 Å². The second-order valence-electron chi connectivity index (χ2n) is 4.08. The van der Waals surface area contributed by atoms with Crippen molar-refractivity contribution in [3.63, 3.8) is 0 Å². The number of thiophene rings is 1. The van der Waals surface area contributed by atoms with Crippen molar-refractivity contribution in [3.8, 4) is 0 Å². The molecule has 2 aromatic rings. The summed E-state index contributed by atoms with van der Waals surface area (Å²) in [5.74, 6) is 0.920. The molecule has 0 aliphatic rings. The Morgan fingerprint density at radius 3 is 2.89 bits per heavy atom. The van der Waals surface area contributed by atoms with E-state index >= 15 is 0 Å². The maximum Gasteiger partial charge on any atom is 0.127 e. The third-order valence-electron chi connectivity index (χ3n) is 2.75. The van der Waals surface area contributed by atoms with Crippen LogP contribution < -0.4 is 10.6 Å². The third kappa shape index (κ3) is 3.23. The number of hydrogen-bond donors (Lipinski definition) is 2. The van der Waals surface area contributed by atoms with Crippen molar-refractivity contribution in [1.82, 2.24) is 4.98 Å². The van der Waals surface area contributed by atoms with Crippen molar-refractivity contribution in [2.24, 2.45) is 0 Å². The quantitative estimate of drug-likeness (QED) is 0.820. The van der Waals surface area contributed by atoms with E-state index in [0.29, 0.717) is 6.04 Å². The molecule has 0 saturated carbocycles. The Bertz CT molecular complexity index is 468. The number of hydrogen-bond acceptors (Lipinski definition) is 4. The first-order valence-electron chi connectivity index (χ1n) is 6.33. The fourth-order valence-corrected chi connectivity index (χ4v) is 2.72. The van der Waals surface area contributed by atoms with Gasteiger partial charge in [-0.15, -0.1) is 11.3 Å². The first-order valence-corrected chi connectivity index (χ1v) is 7.21. The average molecular weight is 261 g/mol. The molecule has 1 unspecified atom stereocenters. The lowest BCUT2D eigenvalue weighted by molar-refractivity contribution is 0.764. The Hall–Kier alpha value is -1.55. The standard InChI is InChI=1S/C14H19N3S/c1-3-12(13-6-5-9-18-13)17-11-7-8-16-14(10-11)15-4-2/h5-10,12H,3-4H2,1-2H3,(H2,15,16,17). The van der Waals surface area contributed by atoms with Crippen LogP contribution in [-0.4, -0.2) is 11.5 Å². The van der Waals surface area contributed by atoms with E-state index in [9.17, 15) is 0 Å². The molecule has 2 aromatic heterocycles. The average Bonchev–Trinajstić information content (AvgIpc) is 2.90. The van der Waals surface area contributed by atoms with Crippen LogP contribution in [0, 0.1) is 0 Å². The zero-order valence-electron chi connectivity index (χ0n) is 10.8. The molecule has 0 amide bonds. The molecule has 0 aliphatic heterocycles. The molecule has 96 valence electrons. The largest absolute Gasteiger partial charge is 0.377 e. The predicted molar refractivity (Wildman–Crippen MR) is 79.4 cm³/mol. The smallest absolute Gasteiger partial charge is 0.127 e. The molecule has 18 heavy (non-hydrogen) atoms. The Labute approximate surface area is 112 Å². The fraction of sp³-hybridized carbons (Fsp3) is 0.357. The highest BCUT2D eigenvalue weighted by molar-refractivity contribution is 7.10. The molecule has 0 fully saturated rings. The molecule has 4 heteroatoms. The van der Waals surface area contributed by atoms with Crippen LogP contribution in [-0.2, 0) is 0 Å². The molecular weight excluding hydrogens is 242 g/mol. The van der Waals surface area contributed by atoms with Gasteiger partial charge in [0.2, 0.25) is 0 Å². The van der Waals surface area contributed by atoms with Gasteiger partial charge in [-0.2, -0.15) is 0 Å². The first kappa shape index (κ1) is 12.9. The van der Waals surface area contributed by atoms with Gasteiger partial charge in [-0.1, -0.05) is 13.0 Å². The molecule has 2 heterocycles. The zero-order chi connectivity index (χ0) is 12.8. The Morgan fingerprint density at radius 2 is 2.22 bits per heavy atom. The molecule has 0 saturated heterocycles. The van der Waals surface area contributed by atoms with E-state index in [1.807, 2.05) is 12.3 Å². The van der Waals surface area contributed by atoms with E-state index in [4.69, 9.17) is 0 Å². The summed E-state index contributed by atoms with van der Waals surface area (Å²) in [6.45, 7) is 5.16. The Kier molecular flexibility index (Phi) is 4.59. The van der Waals surface area contributed by atoms with Gasteiger partial charge in [-0.25, -0.2) is 4.98 Å². The number of nitrogens with zero attached hydrogens (tertiary/aromatic N) is 1. The fourth-order valence-electron chi connectivity index (χ4n) is 1.86. The van der Waals surface area contributed by atoms with E-state index in [-0.39, 0.29) is 0 Å². The molecule has 1 atom stereocenters. The minimum absolute atomic E-state index is 0.377. The van der Waals surface area contributed by atoms with Gasteiger partial charge in [-0.05, 0) is 30.9 Å². The van der Waals surface area contributed by atoms with Crippen LogP contribution in [0.3, 0.4) is 0 Å². The summed E-state index contributed by atoms with van der Waals surface area (Å²) in [6.07, 6.45) is 2.90. The number of rotatable bonds is 6. The number of nitrogens with one attached hydrogen (secondary N) is 2. The van der Waals surface area contributed by atoms with Crippen molar-refractivity contribution in [2.45, 2.75) is 26.3 Å². The van der Waals surface area contributed by atoms with Gasteiger partial charge in [0.25, 0.3) is 0 Å². The molecule has 0 spiro atoms. The summed E-state index contributed by atoms with van der Waals surface area (Å²) in [7, 11) is 0. The van der Waals surface area contributed by atoms with Gasteiger partial charge in [0.15, 0.2) is 0 Å². The van der Waals surface area contributed by atoms with Crippen molar-refractivity contribution in [2.75, 3.05) is 17.2 Å². The Balaban J connectivity index is 2.09. The monoisotopic (exact) mass is 261 g/mol. The lowest BCUT2D eigenvalue weighted by Crippen LogP contribution is -2.08. The first-order chi connectivity index (χ1) is 8.83. The van der Waals surface area contributed by atoms with Crippen LogP contribution in [0.5, 0.6) is 0 Å². The summed E-state index contributed by atoms with van der Waals surface area (Å²) < 4.78 is 0. The van der Waals surface area contributed by atoms with E-state index < -0.39 is 0 Å². The lowest BCUT2D eigenvalue weighted by Gasteiger charge is -2.17. The molecule has 2 N–H and O–H groups in total. The van der Waals surface area contributed by atoms with Gasteiger partial charge in [-0.3, -0.25) is 0 Å². The van der Waals surface area contributed by atoms with E-state index in [2.05, 4.69) is 53.0 Å². The van der Waals surface area contributed by atoms with Gasteiger partial charge in [0, 0.05) is 29.4 Å². The van der Waals surface area contributed by atoms with E-state index in [1.165, 1.54) is 4.88 Å². The molecule has 2 rings (SSSR count). The topological polar surface area (TPSA) is 37.0 Å². The molecular formula is C14H19N3S. The van der Waals surface area contributed by atoms with Crippen LogP contribution in [0.15, 0.2) is 35.8 Å². The van der Waals surface area contributed by atoms with E-state index in [0.717, 1.165) is 24.5 Å². The maximum atomic E-state index is 4.28. The summed E-state index contributed by atoms with van der Waals surface area (Å²) in [5, 5.41) is 8.91. The normalized spacial score (nSPS) is 12.1. The van der Waals surface area contributed by atoms with Crippen molar-refractivity contribution in [1.29, 1.82) is 0 Å². The van der Waals surface area contributed by atoms with Crippen molar-refractivity contribution >= 4 is 22.8 Å². The SMILES string of the molecule is CCNc1cc(NC(CC)c2cccs2)ccn1. The maximum absolute atomic E-state index is 4.28. The van der Waals surface area contributed by atoms with Crippen LogP contribution in [0.1, 0.15) is 31.2 Å². The predicted octanol–water partition coefficient (Wildman–Crippen LogP) is 4.14. The van der Waals surface area contributed by atoms with Crippen LogP contribution in [0.2, 0.25) is 0 Å². The van der Waals surface area contributed by atoms with Gasteiger partial charge >= 0.3 is 0 Å². The molecule has 0 aliphatic carbocycles. The van der Waals surface area contributed by atoms with Gasteiger partial charge in [0.05, 0.1) is 6.04 Å². The summed E-state index contributed by atoms with van der Waals surface area (Å²) in [4.78, 5) is 5.65. The molecule has 0 aromatic carbocycles. The minimum Gasteiger partial charge on any atom is -0.377 e.